The molecule has 1 unspecified atom stereocenters. The molecule has 1 heterocycles. The quantitative estimate of drug-likeness (QED) is 0.791. The lowest BCUT2D eigenvalue weighted by Crippen LogP contribution is -2.00. The van der Waals surface area contributed by atoms with Gasteiger partial charge in [0.15, 0.2) is 5.89 Å². The van der Waals surface area contributed by atoms with Crippen LogP contribution in [0, 0.1) is 18.3 Å². The number of hydrogen-bond donors (Lipinski definition) is 0. The number of benzene rings is 1. The average molecular weight is 316 g/mol. The molecular formula is C16H16N2O3S. The Bertz CT molecular complexity index is 812. The first kappa shape index (κ1) is 16.0. The number of oxazole rings is 1. The van der Waals surface area contributed by atoms with Crippen molar-refractivity contribution < 1.29 is 12.8 Å². The summed E-state index contributed by atoms with van der Waals surface area (Å²) < 4.78 is 29.3. The van der Waals surface area contributed by atoms with Gasteiger partial charge < -0.3 is 4.42 Å². The molecule has 1 aromatic heterocycles. The highest BCUT2D eigenvalue weighted by Crippen LogP contribution is 2.21. The first-order chi connectivity index (χ1) is 10.4. The lowest BCUT2D eigenvalue weighted by molar-refractivity contribution is 0.438. The predicted octanol–water partition coefficient (Wildman–Crippen LogP) is 3.14. The second kappa shape index (κ2) is 6.58. The number of nitrogens with zero attached hydrogens (tertiary/aromatic N) is 2. The largest absolute Gasteiger partial charge is 0.446 e. The molecule has 0 saturated heterocycles. The van der Waals surface area contributed by atoms with Crippen LogP contribution in [0.1, 0.15) is 30.1 Å². The van der Waals surface area contributed by atoms with Gasteiger partial charge in [0.2, 0.25) is 9.84 Å². The summed E-state index contributed by atoms with van der Waals surface area (Å²) in [7, 11) is -3.55. The maximum absolute atomic E-state index is 11.9. The lowest BCUT2D eigenvalue weighted by Gasteiger charge is -2.08. The lowest BCUT2D eigenvalue weighted by atomic mass is 10.0. The first-order valence-electron chi connectivity index (χ1n) is 6.75. The predicted molar refractivity (Wildman–Crippen MR) is 81.7 cm³/mol. The van der Waals surface area contributed by atoms with E-state index >= 15 is 0 Å². The van der Waals surface area contributed by atoms with Crippen LogP contribution in [0.5, 0.6) is 0 Å². The van der Waals surface area contributed by atoms with Crippen molar-refractivity contribution in [3.05, 3.63) is 59.2 Å². The second-order valence-corrected chi connectivity index (χ2v) is 6.87. The second-order valence-electron chi connectivity index (χ2n) is 5.04. The van der Waals surface area contributed by atoms with Crippen molar-refractivity contribution in [2.75, 3.05) is 0 Å². The number of rotatable bonds is 5. The van der Waals surface area contributed by atoms with E-state index in [1.165, 1.54) is 0 Å². The normalized spacial score (nSPS) is 13.1. The van der Waals surface area contributed by atoms with Crippen LogP contribution in [0.3, 0.4) is 0 Å². The molecule has 2 rings (SSSR count). The Balaban J connectivity index is 2.13. The van der Waals surface area contributed by atoms with Crippen molar-refractivity contribution in [3.63, 3.8) is 0 Å². The molecule has 0 fully saturated rings. The fraction of sp³-hybridized carbons (Fsp3) is 0.250. The van der Waals surface area contributed by atoms with Gasteiger partial charge in [-0.25, -0.2) is 13.4 Å². The van der Waals surface area contributed by atoms with Gasteiger partial charge in [-0.2, -0.15) is 5.26 Å². The van der Waals surface area contributed by atoms with Gasteiger partial charge >= 0.3 is 0 Å². The van der Waals surface area contributed by atoms with Crippen LogP contribution in [0.15, 0.2) is 51.3 Å². The van der Waals surface area contributed by atoms with E-state index in [0.717, 1.165) is 22.8 Å². The van der Waals surface area contributed by atoms with Gasteiger partial charge in [0.1, 0.15) is 5.76 Å². The Morgan fingerprint density at radius 2 is 2.05 bits per heavy atom. The van der Waals surface area contributed by atoms with Crippen molar-refractivity contribution in [1.82, 2.24) is 4.98 Å². The van der Waals surface area contributed by atoms with Crippen LogP contribution in [0.2, 0.25) is 0 Å². The Morgan fingerprint density at radius 1 is 1.36 bits per heavy atom. The van der Waals surface area contributed by atoms with E-state index in [4.69, 9.17) is 9.68 Å². The van der Waals surface area contributed by atoms with E-state index in [0.29, 0.717) is 12.3 Å². The summed E-state index contributed by atoms with van der Waals surface area (Å²) in [5.74, 6) is 1.55. The maximum Gasteiger partial charge on any atom is 0.200 e. The molecule has 0 spiro atoms. The number of nitriles is 1. The van der Waals surface area contributed by atoms with Gasteiger partial charge in [-0.1, -0.05) is 19.1 Å². The third-order valence-corrected chi connectivity index (χ3v) is 4.60. The van der Waals surface area contributed by atoms with Crippen LogP contribution in [-0.4, -0.2) is 13.4 Å². The van der Waals surface area contributed by atoms with E-state index in [1.54, 1.807) is 36.5 Å². The standard InChI is InChI=1S/C16H16N2O3S/c1-12(16-18-11-13(2)21-16)10-14-4-6-15(7-5-14)22(19,20)9-3-8-17/h3-7,9,11-12H,10H2,1-2H3/b9-3+. The molecule has 0 aliphatic heterocycles. The monoisotopic (exact) mass is 316 g/mol. The molecule has 1 atom stereocenters. The van der Waals surface area contributed by atoms with Gasteiger partial charge in [0.05, 0.1) is 17.2 Å². The number of sulfone groups is 1. The summed E-state index contributed by atoms with van der Waals surface area (Å²) in [5.41, 5.74) is 0.992. The summed E-state index contributed by atoms with van der Waals surface area (Å²) in [6.45, 7) is 3.85. The van der Waals surface area contributed by atoms with E-state index in [-0.39, 0.29) is 10.8 Å². The minimum atomic E-state index is -3.55. The molecule has 5 nitrogen and oxygen atoms in total. The van der Waals surface area contributed by atoms with Crippen LogP contribution >= 0.6 is 0 Å². The zero-order chi connectivity index (χ0) is 16.2. The third-order valence-electron chi connectivity index (χ3n) is 3.18. The summed E-state index contributed by atoms with van der Waals surface area (Å²) >= 11 is 0. The summed E-state index contributed by atoms with van der Waals surface area (Å²) in [5, 5.41) is 9.32. The first-order valence-corrected chi connectivity index (χ1v) is 8.29. The highest BCUT2D eigenvalue weighted by molar-refractivity contribution is 7.94. The fourth-order valence-electron chi connectivity index (χ4n) is 2.05. The number of hydrogen-bond acceptors (Lipinski definition) is 5. The molecule has 22 heavy (non-hydrogen) atoms. The average Bonchev–Trinajstić information content (AvgIpc) is 2.92. The minimum absolute atomic E-state index is 0.106. The molecule has 2 aromatic rings. The van der Waals surface area contributed by atoms with Crippen LogP contribution in [-0.2, 0) is 16.3 Å². The molecule has 0 aliphatic carbocycles. The maximum atomic E-state index is 11.9. The SMILES string of the molecule is Cc1cnc(C(C)Cc2ccc(S(=O)(=O)/C=C/C#N)cc2)o1. The molecule has 0 amide bonds. The van der Waals surface area contributed by atoms with Crippen molar-refractivity contribution in [2.45, 2.75) is 31.1 Å². The van der Waals surface area contributed by atoms with Crippen molar-refractivity contribution >= 4 is 9.84 Å². The Labute approximate surface area is 129 Å². The van der Waals surface area contributed by atoms with Gasteiger partial charge in [0.25, 0.3) is 0 Å². The summed E-state index contributed by atoms with van der Waals surface area (Å²) in [6.07, 6.45) is 3.34. The van der Waals surface area contributed by atoms with Gasteiger partial charge in [0, 0.05) is 17.4 Å². The zero-order valence-corrected chi connectivity index (χ0v) is 13.2. The molecule has 0 saturated carbocycles. The molecular weight excluding hydrogens is 300 g/mol. The summed E-state index contributed by atoms with van der Waals surface area (Å²) in [4.78, 5) is 4.37. The Kier molecular flexibility index (Phi) is 4.78. The number of aryl methyl sites for hydroxylation is 1. The molecule has 0 aliphatic rings. The van der Waals surface area contributed by atoms with Crippen molar-refractivity contribution in [2.24, 2.45) is 0 Å². The van der Waals surface area contributed by atoms with Crippen molar-refractivity contribution in [3.8, 4) is 6.07 Å². The number of aromatic nitrogens is 1. The number of allylic oxidation sites excluding steroid dienone is 1. The molecule has 1 aromatic carbocycles. The van der Waals surface area contributed by atoms with Gasteiger partial charge in [-0.05, 0) is 31.0 Å². The molecule has 0 N–H and O–H groups in total. The highest BCUT2D eigenvalue weighted by Gasteiger charge is 2.14. The Morgan fingerprint density at radius 3 is 2.59 bits per heavy atom. The highest BCUT2D eigenvalue weighted by atomic mass is 32.2. The smallest absolute Gasteiger partial charge is 0.200 e. The van der Waals surface area contributed by atoms with Crippen LogP contribution < -0.4 is 0 Å². The van der Waals surface area contributed by atoms with Crippen LogP contribution in [0.25, 0.3) is 0 Å². The van der Waals surface area contributed by atoms with Gasteiger partial charge in [-0.3, -0.25) is 0 Å². The Hall–Kier alpha value is -2.39. The summed E-state index contributed by atoms with van der Waals surface area (Å²) in [6, 6.07) is 8.28. The topological polar surface area (TPSA) is 84.0 Å². The van der Waals surface area contributed by atoms with E-state index in [2.05, 4.69) is 4.98 Å². The molecule has 114 valence electrons. The van der Waals surface area contributed by atoms with Gasteiger partial charge in [-0.15, -0.1) is 0 Å². The molecule has 0 bridgehead atoms. The van der Waals surface area contributed by atoms with E-state index in [9.17, 15) is 8.42 Å². The zero-order valence-electron chi connectivity index (χ0n) is 12.4. The molecule has 0 radical (unpaired) electrons. The van der Waals surface area contributed by atoms with Crippen molar-refractivity contribution in [1.29, 1.82) is 5.26 Å². The molecule has 6 heteroatoms. The van der Waals surface area contributed by atoms with E-state index < -0.39 is 9.84 Å². The van der Waals surface area contributed by atoms with E-state index in [1.807, 2.05) is 13.8 Å². The fourth-order valence-corrected chi connectivity index (χ4v) is 2.97. The minimum Gasteiger partial charge on any atom is -0.446 e. The van der Waals surface area contributed by atoms with Crippen LogP contribution in [0.4, 0.5) is 0 Å². The third kappa shape index (κ3) is 3.83.